The van der Waals surface area contributed by atoms with Gasteiger partial charge in [-0.05, 0) is 12.1 Å². The molecule has 1 aromatic carbocycles. The van der Waals surface area contributed by atoms with E-state index in [9.17, 15) is 4.79 Å². The van der Waals surface area contributed by atoms with Crippen LogP contribution in [0.3, 0.4) is 0 Å². The SMILES string of the molecule is C.O=C(CCl)Nc1ccccc1. The minimum atomic E-state index is -0.183. The minimum Gasteiger partial charge on any atom is -0.325 e. The van der Waals surface area contributed by atoms with Crippen LogP contribution in [0, 0.1) is 0 Å². The van der Waals surface area contributed by atoms with E-state index in [0.29, 0.717) is 0 Å². The lowest BCUT2D eigenvalue weighted by molar-refractivity contribution is -0.113. The number of alkyl halides is 1. The molecule has 1 amide bonds. The number of carbonyl (C=O) groups excluding carboxylic acids is 1. The summed E-state index contributed by atoms with van der Waals surface area (Å²) in [5, 5.41) is 2.62. The van der Waals surface area contributed by atoms with E-state index < -0.39 is 0 Å². The summed E-state index contributed by atoms with van der Waals surface area (Å²) < 4.78 is 0. The van der Waals surface area contributed by atoms with E-state index in [1.54, 1.807) is 0 Å². The van der Waals surface area contributed by atoms with Gasteiger partial charge in [0, 0.05) is 5.69 Å². The van der Waals surface area contributed by atoms with Crippen molar-refractivity contribution >= 4 is 23.2 Å². The van der Waals surface area contributed by atoms with E-state index in [0.717, 1.165) is 5.69 Å². The fraction of sp³-hybridized carbons (Fsp3) is 0.222. The highest BCUT2D eigenvalue weighted by atomic mass is 35.5. The number of rotatable bonds is 2. The van der Waals surface area contributed by atoms with Gasteiger partial charge in [-0.15, -0.1) is 11.6 Å². The maximum absolute atomic E-state index is 10.7. The molecule has 1 N–H and O–H groups in total. The summed E-state index contributed by atoms with van der Waals surface area (Å²) in [5.74, 6) is -0.188. The van der Waals surface area contributed by atoms with Gasteiger partial charge in [-0.1, -0.05) is 25.6 Å². The first-order valence-corrected chi connectivity index (χ1v) is 3.77. The average molecular weight is 186 g/mol. The second kappa shape index (κ2) is 5.61. The molecule has 0 bridgehead atoms. The third-order valence-electron chi connectivity index (χ3n) is 1.18. The van der Waals surface area contributed by atoms with Crippen LogP contribution in [0.5, 0.6) is 0 Å². The van der Waals surface area contributed by atoms with Crippen LogP contribution < -0.4 is 5.32 Å². The van der Waals surface area contributed by atoms with Crippen LogP contribution in [-0.2, 0) is 4.79 Å². The van der Waals surface area contributed by atoms with Crippen LogP contribution in [0.2, 0.25) is 0 Å². The fourth-order valence-electron chi connectivity index (χ4n) is 0.716. The zero-order valence-corrected chi connectivity index (χ0v) is 6.64. The number of benzene rings is 1. The largest absolute Gasteiger partial charge is 0.325 e. The van der Waals surface area contributed by atoms with Gasteiger partial charge in [0.1, 0.15) is 5.88 Å². The molecule has 0 aliphatic heterocycles. The third kappa shape index (κ3) is 3.39. The number of anilines is 1. The Balaban J connectivity index is 0.00000121. The van der Waals surface area contributed by atoms with E-state index in [1.807, 2.05) is 30.3 Å². The third-order valence-corrected chi connectivity index (χ3v) is 1.42. The molecule has 0 saturated carbocycles. The van der Waals surface area contributed by atoms with Crippen LogP contribution in [0.4, 0.5) is 5.69 Å². The van der Waals surface area contributed by atoms with Crippen molar-refractivity contribution in [2.45, 2.75) is 7.43 Å². The number of nitrogens with one attached hydrogen (secondary N) is 1. The van der Waals surface area contributed by atoms with Crippen molar-refractivity contribution in [2.24, 2.45) is 0 Å². The molecule has 2 nitrogen and oxygen atoms in total. The van der Waals surface area contributed by atoms with Gasteiger partial charge < -0.3 is 5.32 Å². The molecule has 0 saturated heterocycles. The van der Waals surface area contributed by atoms with Crippen molar-refractivity contribution in [3.05, 3.63) is 30.3 Å². The molecule has 0 aliphatic carbocycles. The summed E-state index contributed by atoms with van der Waals surface area (Å²) in [6, 6.07) is 9.21. The normalized spacial score (nSPS) is 8.42. The molecule has 0 aromatic heterocycles. The van der Waals surface area contributed by atoms with Gasteiger partial charge in [0.25, 0.3) is 0 Å². The molecular weight excluding hydrogens is 174 g/mol. The predicted molar refractivity (Wildman–Crippen MR) is 52.5 cm³/mol. The molecule has 0 heterocycles. The van der Waals surface area contributed by atoms with Crippen LogP contribution in [0.25, 0.3) is 0 Å². The lowest BCUT2D eigenvalue weighted by Crippen LogP contribution is -2.12. The molecule has 12 heavy (non-hydrogen) atoms. The van der Waals surface area contributed by atoms with Crippen LogP contribution >= 0.6 is 11.6 Å². The summed E-state index contributed by atoms with van der Waals surface area (Å²) in [4.78, 5) is 10.7. The van der Waals surface area contributed by atoms with Gasteiger partial charge in [-0.3, -0.25) is 4.79 Å². The van der Waals surface area contributed by atoms with Crippen LogP contribution in [0.1, 0.15) is 7.43 Å². The van der Waals surface area contributed by atoms with E-state index in [1.165, 1.54) is 0 Å². The van der Waals surface area contributed by atoms with E-state index in [4.69, 9.17) is 11.6 Å². The Kier molecular flexibility index (Phi) is 5.13. The molecule has 0 radical (unpaired) electrons. The summed E-state index contributed by atoms with van der Waals surface area (Å²) in [7, 11) is 0. The molecule has 0 spiro atoms. The molecule has 0 unspecified atom stereocenters. The van der Waals surface area contributed by atoms with Crippen molar-refractivity contribution in [1.82, 2.24) is 0 Å². The molecular formula is C9H12ClNO. The van der Waals surface area contributed by atoms with Crippen molar-refractivity contribution < 1.29 is 4.79 Å². The van der Waals surface area contributed by atoms with E-state index in [2.05, 4.69) is 5.32 Å². The fourth-order valence-corrected chi connectivity index (χ4v) is 0.783. The molecule has 66 valence electrons. The number of amides is 1. The summed E-state index contributed by atoms with van der Waals surface area (Å²) in [6.45, 7) is 0. The van der Waals surface area contributed by atoms with Gasteiger partial charge in [0.2, 0.25) is 5.91 Å². The number of para-hydroxylation sites is 1. The Labute approximate surface area is 77.5 Å². The molecule has 1 aromatic rings. The monoisotopic (exact) mass is 185 g/mol. The van der Waals surface area contributed by atoms with Gasteiger partial charge >= 0.3 is 0 Å². The van der Waals surface area contributed by atoms with Crippen molar-refractivity contribution in [3.8, 4) is 0 Å². The highest BCUT2D eigenvalue weighted by Crippen LogP contribution is 2.04. The zero-order valence-electron chi connectivity index (χ0n) is 5.88. The van der Waals surface area contributed by atoms with Gasteiger partial charge in [0.15, 0.2) is 0 Å². The summed E-state index contributed by atoms with van der Waals surface area (Å²) in [5.41, 5.74) is 0.776. The maximum atomic E-state index is 10.7. The van der Waals surface area contributed by atoms with Gasteiger partial charge in [-0.25, -0.2) is 0 Å². The second-order valence-electron chi connectivity index (χ2n) is 2.05. The topological polar surface area (TPSA) is 29.1 Å². The molecule has 1 rings (SSSR count). The standard InChI is InChI=1S/C8H8ClNO.CH4/c9-6-8(11)10-7-4-2-1-3-5-7;/h1-5H,6H2,(H,10,11);1H4. The Hall–Kier alpha value is -1.02. The van der Waals surface area contributed by atoms with Crippen LogP contribution in [-0.4, -0.2) is 11.8 Å². The average Bonchev–Trinajstić information content (AvgIpc) is 2.06. The van der Waals surface area contributed by atoms with Crippen LogP contribution in [0.15, 0.2) is 30.3 Å². The van der Waals surface area contributed by atoms with Crippen molar-refractivity contribution in [2.75, 3.05) is 11.2 Å². The molecule has 0 atom stereocenters. The lowest BCUT2D eigenvalue weighted by Gasteiger charge is -2.00. The van der Waals surface area contributed by atoms with Gasteiger partial charge in [-0.2, -0.15) is 0 Å². The first kappa shape index (κ1) is 11.0. The predicted octanol–water partition coefficient (Wildman–Crippen LogP) is 2.50. The van der Waals surface area contributed by atoms with Crippen molar-refractivity contribution in [3.63, 3.8) is 0 Å². The Morgan fingerprint density at radius 2 is 1.92 bits per heavy atom. The highest BCUT2D eigenvalue weighted by Gasteiger charge is 1.96. The first-order valence-electron chi connectivity index (χ1n) is 3.24. The Morgan fingerprint density at radius 3 is 2.42 bits per heavy atom. The number of hydrogen-bond acceptors (Lipinski definition) is 1. The Bertz CT molecular complexity index is 236. The summed E-state index contributed by atoms with van der Waals surface area (Å²) >= 11 is 5.29. The Morgan fingerprint density at radius 1 is 1.33 bits per heavy atom. The summed E-state index contributed by atoms with van der Waals surface area (Å²) in [6.07, 6.45) is 0. The first-order chi connectivity index (χ1) is 5.33. The number of halogens is 1. The zero-order chi connectivity index (χ0) is 8.10. The second-order valence-corrected chi connectivity index (χ2v) is 2.32. The quantitative estimate of drug-likeness (QED) is 0.705. The minimum absolute atomic E-state index is 0. The maximum Gasteiger partial charge on any atom is 0.239 e. The smallest absolute Gasteiger partial charge is 0.239 e. The van der Waals surface area contributed by atoms with E-state index in [-0.39, 0.29) is 19.2 Å². The molecule has 3 heteroatoms. The van der Waals surface area contributed by atoms with E-state index >= 15 is 0 Å². The van der Waals surface area contributed by atoms with Gasteiger partial charge in [0.05, 0.1) is 0 Å². The number of carbonyl (C=O) groups is 1. The molecule has 0 aliphatic rings. The lowest BCUT2D eigenvalue weighted by atomic mass is 10.3. The molecule has 0 fully saturated rings. The van der Waals surface area contributed by atoms with Crippen molar-refractivity contribution in [1.29, 1.82) is 0 Å². The highest BCUT2D eigenvalue weighted by molar-refractivity contribution is 6.29. The number of hydrogen-bond donors (Lipinski definition) is 1.